The van der Waals surface area contributed by atoms with E-state index < -0.39 is 0 Å². The average molecular weight is 1440 g/mol. The standard InChI is InChI=1S/2C21H24N4O2.C21H21N3O2.C20H18ClN3O2/c1-15-9-10-19(23(15)3)21(26)24-13-18-11-20(22-25(18)12-16(24)2)27-14-17-7-5-4-6-8-17;1-16-9-10-19(23(16)2)21(26)24-11-6-12-25-18(14-24)13-20(22-25)27-15-17-7-4-3-5-8-17;1-16-6-5-9-18(12-16)21(25)23-10-11-24-19(14-23)13-20(22-24)26-15-17-7-3-2-4-8-17;21-18-9-5-4-8-17(18)20(25)23-10-11-24-16(13-23)12-19(22-24)26-14-15-6-2-1-3-7-15/h4-11,16H,12-14H2,1-3H3;3-5,7-10,13H,6,11-12,14-15H2,1-2H3;2-9,12-13H,10-11,14-15H2,1H3;1-9,12H,10-11,13-14H2/t16-;;;/m0.../s1. The largest absolute Gasteiger partial charge is 0.472 e. The number of hydrogen-bond donors (Lipinski definition) is 0. The first-order valence-corrected chi connectivity index (χ1v) is 36.1. The summed E-state index contributed by atoms with van der Waals surface area (Å²) in [6.45, 7) is 16.9. The van der Waals surface area contributed by atoms with Gasteiger partial charge in [0.15, 0.2) is 0 Å². The molecule has 0 spiro atoms. The highest BCUT2D eigenvalue weighted by atomic mass is 35.5. The molecule has 16 rings (SSSR count). The summed E-state index contributed by atoms with van der Waals surface area (Å²) in [5.74, 6) is 2.51. The van der Waals surface area contributed by atoms with Crippen molar-refractivity contribution in [3.05, 3.63) is 308 Å². The number of ether oxygens (including phenoxy) is 4. The maximum absolute atomic E-state index is 13.0. The molecule has 0 unspecified atom stereocenters. The fraction of sp³-hybridized carbons (Fsp3) is 0.277. The number of amides is 4. The highest BCUT2D eigenvalue weighted by Crippen LogP contribution is 2.28. The predicted molar refractivity (Wildman–Crippen MR) is 403 cm³/mol. The van der Waals surface area contributed by atoms with E-state index in [1.165, 1.54) is 0 Å². The summed E-state index contributed by atoms with van der Waals surface area (Å²) in [5.41, 5.74) is 14.3. The molecule has 6 aromatic carbocycles. The fourth-order valence-electron chi connectivity index (χ4n) is 13.0. The molecule has 0 bridgehead atoms. The predicted octanol–water partition coefficient (Wildman–Crippen LogP) is 13.5. The molecule has 22 nitrogen and oxygen atoms in total. The lowest BCUT2D eigenvalue weighted by atomic mass is 10.1. The number of carbonyl (C=O) groups is 4. The molecule has 0 saturated heterocycles. The van der Waals surface area contributed by atoms with Gasteiger partial charge < -0.3 is 47.7 Å². The Hall–Kier alpha value is -11.9. The minimum absolute atomic E-state index is 0.0531. The number of carbonyl (C=O) groups excluding carboxylic acids is 4. The van der Waals surface area contributed by atoms with Crippen LogP contribution >= 0.6 is 11.6 Å². The lowest BCUT2D eigenvalue weighted by Gasteiger charge is -2.33. The average Bonchev–Trinajstić information content (AvgIpc) is 1.62. The minimum Gasteiger partial charge on any atom is -0.472 e. The highest BCUT2D eigenvalue weighted by molar-refractivity contribution is 6.33. The Morgan fingerprint density at radius 1 is 0.396 bits per heavy atom. The van der Waals surface area contributed by atoms with Gasteiger partial charge >= 0.3 is 0 Å². The highest BCUT2D eigenvalue weighted by Gasteiger charge is 2.32. The fourth-order valence-corrected chi connectivity index (χ4v) is 13.3. The van der Waals surface area contributed by atoms with Crippen LogP contribution in [0.4, 0.5) is 0 Å². The Kier molecular flexibility index (Phi) is 23.0. The van der Waals surface area contributed by atoms with Crippen molar-refractivity contribution in [3.63, 3.8) is 0 Å². The minimum atomic E-state index is -0.0604. The normalized spacial score (nSPS) is 14.2. The number of benzene rings is 6. The van der Waals surface area contributed by atoms with Crippen molar-refractivity contribution < 1.29 is 38.1 Å². The van der Waals surface area contributed by atoms with Crippen molar-refractivity contribution in [1.82, 2.24) is 67.9 Å². The van der Waals surface area contributed by atoms with E-state index >= 15 is 0 Å². The van der Waals surface area contributed by atoms with Gasteiger partial charge in [-0.2, -0.15) is 0 Å². The van der Waals surface area contributed by atoms with Gasteiger partial charge in [-0.1, -0.05) is 163 Å². The van der Waals surface area contributed by atoms with E-state index in [0.29, 0.717) is 125 Å². The smallest absolute Gasteiger partial charge is 0.271 e. The van der Waals surface area contributed by atoms with Crippen molar-refractivity contribution in [2.24, 2.45) is 14.1 Å². The molecule has 4 aliphatic heterocycles. The Labute approximate surface area is 622 Å². The maximum atomic E-state index is 13.0. The van der Waals surface area contributed by atoms with Gasteiger partial charge in [-0.25, -0.2) is 0 Å². The Morgan fingerprint density at radius 3 is 1.23 bits per heavy atom. The number of hydrogen-bond acceptors (Lipinski definition) is 12. The van der Waals surface area contributed by atoms with Crippen LogP contribution in [0, 0.1) is 20.8 Å². The number of fused-ring (bicyclic) bond motifs is 4. The number of nitrogens with zero attached hydrogens (tertiary/aromatic N) is 14. The van der Waals surface area contributed by atoms with E-state index in [2.05, 4.69) is 27.3 Å². The van der Waals surface area contributed by atoms with Crippen LogP contribution in [-0.2, 0) is 92.9 Å². The second-order valence-corrected chi connectivity index (χ2v) is 27.3. The summed E-state index contributed by atoms with van der Waals surface area (Å²) >= 11 is 6.16. The van der Waals surface area contributed by atoms with Crippen molar-refractivity contribution in [3.8, 4) is 23.5 Å². The molecule has 106 heavy (non-hydrogen) atoms. The van der Waals surface area contributed by atoms with Crippen LogP contribution in [0.3, 0.4) is 0 Å². The van der Waals surface area contributed by atoms with Crippen molar-refractivity contribution in [2.45, 2.75) is 119 Å². The summed E-state index contributed by atoms with van der Waals surface area (Å²) in [5, 5.41) is 18.6. The maximum Gasteiger partial charge on any atom is 0.271 e. The SMILES string of the molecule is Cc1ccc(C(=O)N2CCCn3nc(OCc4ccccc4)cc3C2)n1C.Cc1ccc(C(=O)N2Cc3cc(OCc4ccccc4)nn3C[C@@H]2C)n1C.Cc1cccc(C(=O)N2CCn3nc(OCc4ccccc4)cc3C2)c1.O=C(c1ccccc1Cl)N1CCn2nc(OCc3ccccc3)cc2C1. The first kappa shape index (κ1) is 72.4. The van der Waals surface area contributed by atoms with Crippen LogP contribution < -0.4 is 18.9 Å². The van der Waals surface area contributed by atoms with E-state index in [1.54, 1.807) is 17.0 Å². The molecule has 12 aromatic rings. The van der Waals surface area contributed by atoms with Crippen LogP contribution in [0.15, 0.2) is 218 Å². The van der Waals surface area contributed by atoms with Crippen molar-refractivity contribution in [2.75, 3.05) is 19.6 Å². The molecule has 23 heteroatoms. The lowest BCUT2D eigenvalue weighted by Crippen LogP contribution is -2.45. The number of aromatic nitrogens is 10. The van der Waals surface area contributed by atoms with Crippen molar-refractivity contribution in [1.29, 1.82) is 0 Å². The quantitative estimate of drug-likeness (QED) is 0.0888. The van der Waals surface area contributed by atoms with Gasteiger partial charge in [-0.05, 0) is 105 Å². The molecule has 10 heterocycles. The first-order chi connectivity index (χ1) is 51.5. The molecule has 0 fully saturated rings. The zero-order valence-electron chi connectivity index (χ0n) is 60.6. The van der Waals surface area contributed by atoms with Gasteiger partial charge in [0.05, 0.1) is 79.2 Å². The second-order valence-electron chi connectivity index (χ2n) is 26.8. The van der Waals surface area contributed by atoms with Gasteiger partial charge in [0.2, 0.25) is 23.5 Å². The van der Waals surface area contributed by atoms with E-state index in [-0.39, 0.29) is 29.7 Å². The van der Waals surface area contributed by atoms with Crippen LogP contribution in [0.2, 0.25) is 5.02 Å². The van der Waals surface area contributed by atoms with E-state index in [0.717, 1.165) is 92.7 Å². The summed E-state index contributed by atoms with van der Waals surface area (Å²) in [4.78, 5) is 58.9. The molecular formula is C83H87ClN14O8. The topological polar surface area (TPSA) is 199 Å². The number of rotatable bonds is 16. The lowest BCUT2D eigenvalue weighted by molar-refractivity contribution is 0.0595. The molecule has 0 radical (unpaired) electrons. The summed E-state index contributed by atoms with van der Waals surface area (Å²) in [6, 6.07) is 70.4. The molecule has 0 aliphatic carbocycles. The zero-order chi connectivity index (χ0) is 73.6. The molecule has 0 N–H and O–H groups in total. The van der Waals surface area contributed by atoms with Gasteiger partial charge in [0, 0.05) is 87.5 Å². The summed E-state index contributed by atoms with van der Waals surface area (Å²) in [6.07, 6.45) is 0.877. The van der Waals surface area contributed by atoms with Crippen LogP contribution in [-0.4, -0.2) is 117 Å². The summed E-state index contributed by atoms with van der Waals surface area (Å²) in [7, 11) is 3.86. The molecule has 544 valence electrons. The van der Waals surface area contributed by atoms with Crippen LogP contribution in [0.5, 0.6) is 23.5 Å². The molecule has 1 atom stereocenters. The molecular weight excluding hydrogens is 1360 g/mol. The molecule has 4 amide bonds. The van der Waals surface area contributed by atoms with E-state index in [4.69, 9.17) is 30.5 Å². The van der Waals surface area contributed by atoms with Crippen LogP contribution in [0.1, 0.15) is 117 Å². The molecule has 6 aromatic heterocycles. The van der Waals surface area contributed by atoms with Gasteiger partial charge in [0.25, 0.3) is 23.6 Å². The van der Waals surface area contributed by atoms with Crippen molar-refractivity contribution >= 4 is 35.2 Å². The zero-order valence-corrected chi connectivity index (χ0v) is 61.3. The molecule has 0 saturated carbocycles. The Balaban J connectivity index is 0.000000125. The van der Waals surface area contributed by atoms with Gasteiger partial charge in [-0.3, -0.25) is 37.9 Å². The van der Waals surface area contributed by atoms with Gasteiger partial charge in [-0.15, -0.1) is 20.4 Å². The van der Waals surface area contributed by atoms with E-state index in [9.17, 15) is 19.2 Å². The Bertz CT molecular complexity index is 4930. The summed E-state index contributed by atoms with van der Waals surface area (Å²) < 4.78 is 34.9. The van der Waals surface area contributed by atoms with E-state index in [1.807, 2.05) is 284 Å². The Morgan fingerprint density at radius 2 is 0.792 bits per heavy atom. The number of halogens is 1. The van der Waals surface area contributed by atoms with Gasteiger partial charge in [0.1, 0.15) is 37.8 Å². The third-order valence-electron chi connectivity index (χ3n) is 19.3. The monoisotopic (exact) mass is 1440 g/mol. The number of aryl methyl sites for hydroxylation is 4. The third kappa shape index (κ3) is 17.8. The third-order valence-corrected chi connectivity index (χ3v) is 19.6. The van der Waals surface area contributed by atoms with Crippen LogP contribution in [0.25, 0.3) is 0 Å². The molecule has 4 aliphatic rings. The first-order valence-electron chi connectivity index (χ1n) is 35.7. The second kappa shape index (κ2) is 33.7.